The predicted molar refractivity (Wildman–Crippen MR) is 161 cm³/mol. The molecule has 2 unspecified atom stereocenters. The third kappa shape index (κ3) is 4.42. The molecule has 0 fully saturated rings. The molecule has 5 heterocycles. The molecule has 202 valence electrons. The van der Waals surface area contributed by atoms with Gasteiger partial charge < -0.3 is 14.7 Å². The largest absolute Gasteiger partial charge is 0.465 e. The number of nitrogens with one attached hydrogen (secondary N) is 2. The van der Waals surface area contributed by atoms with Gasteiger partial charge in [0.05, 0.1) is 29.6 Å². The predicted octanol–water partition coefficient (Wildman–Crippen LogP) is 8.39. The number of carbonyl (C=O) groups is 1. The molecule has 6 heteroatoms. The van der Waals surface area contributed by atoms with E-state index in [1.54, 1.807) is 0 Å². The van der Waals surface area contributed by atoms with Crippen LogP contribution in [0.2, 0.25) is 0 Å². The van der Waals surface area contributed by atoms with Crippen molar-refractivity contribution in [3.8, 4) is 0 Å². The van der Waals surface area contributed by atoms with Gasteiger partial charge in [-0.3, -0.25) is 4.98 Å². The van der Waals surface area contributed by atoms with Crippen molar-refractivity contribution in [2.45, 2.75) is 72.6 Å². The Morgan fingerprint density at radius 1 is 0.949 bits per heavy atom. The van der Waals surface area contributed by atoms with Gasteiger partial charge in [-0.1, -0.05) is 39.8 Å². The van der Waals surface area contributed by atoms with E-state index < -0.39 is 0 Å². The van der Waals surface area contributed by atoms with Crippen molar-refractivity contribution in [3.63, 3.8) is 0 Å². The van der Waals surface area contributed by atoms with Crippen LogP contribution in [0.15, 0.2) is 30.8 Å². The molecule has 3 aromatic rings. The molecule has 5 rings (SSSR count). The Kier molecular flexibility index (Phi) is 7.06. The van der Waals surface area contributed by atoms with Gasteiger partial charge in [0, 0.05) is 45.3 Å². The Bertz CT molecular complexity index is 1690. The number of H-pyrrole nitrogens is 2. The minimum Gasteiger partial charge on any atom is -0.465 e. The zero-order chi connectivity index (χ0) is 28.0. The fourth-order valence-corrected chi connectivity index (χ4v) is 6.14. The molecule has 39 heavy (non-hydrogen) atoms. The molecule has 0 aromatic carbocycles. The first kappa shape index (κ1) is 26.7. The lowest BCUT2D eigenvalue weighted by Crippen LogP contribution is -2.03. The second kappa shape index (κ2) is 10.3. The van der Waals surface area contributed by atoms with E-state index in [9.17, 15) is 4.79 Å². The fourth-order valence-electron chi connectivity index (χ4n) is 6.14. The minimum atomic E-state index is -0.357. The van der Waals surface area contributed by atoms with Gasteiger partial charge in [0.2, 0.25) is 0 Å². The molecule has 2 N–H and O–H groups in total. The number of ether oxygens (including phenoxy) is 1. The van der Waals surface area contributed by atoms with Crippen LogP contribution in [0.5, 0.6) is 0 Å². The number of aromatic nitrogens is 4. The smallest absolute Gasteiger partial charge is 0.340 e. The molecule has 8 bridgehead atoms. The summed E-state index contributed by atoms with van der Waals surface area (Å²) in [5, 5.41) is 0. The van der Waals surface area contributed by atoms with Gasteiger partial charge in [-0.25, -0.2) is 9.78 Å². The van der Waals surface area contributed by atoms with Gasteiger partial charge in [0.15, 0.2) is 0 Å². The summed E-state index contributed by atoms with van der Waals surface area (Å²) in [5.74, 6) is 0.141. The average Bonchev–Trinajstić information content (AvgIpc) is 3.58. The maximum absolute atomic E-state index is 13.0. The molecule has 3 aromatic heterocycles. The van der Waals surface area contributed by atoms with Crippen molar-refractivity contribution in [1.82, 2.24) is 19.9 Å². The number of esters is 1. The molecule has 0 amide bonds. The van der Waals surface area contributed by atoms with Crippen LogP contribution in [-0.2, 0) is 4.74 Å². The van der Waals surface area contributed by atoms with Crippen molar-refractivity contribution in [3.05, 3.63) is 75.9 Å². The van der Waals surface area contributed by atoms with Gasteiger partial charge in [0.1, 0.15) is 0 Å². The monoisotopic (exact) mass is 522 g/mol. The maximum atomic E-state index is 13.0. The normalized spacial score (nSPS) is 17.0. The van der Waals surface area contributed by atoms with E-state index >= 15 is 0 Å². The molecule has 2 aliphatic heterocycles. The molecule has 0 saturated carbocycles. The second-order valence-electron chi connectivity index (χ2n) is 10.7. The van der Waals surface area contributed by atoms with Crippen LogP contribution >= 0.6 is 0 Å². The summed E-state index contributed by atoms with van der Waals surface area (Å²) in [7, 11) is 1.43. The number of methoxy groups -OCH3 is 1. The molecule has 2 aliphatic rings. The van der Waals surface area contributed by atoms with Gasteiger partial charge in [-0.05, 0) is 80.2 Å². The lowest BCUT2D eigenvalue weighted by Gasteiger charge is -2.14. The molecule has 0 aliphatic carbocycles. The number of fused-ring (bicyclic) bond motifs is 8. The SMILES string of the molecule is C=Cc1c(C)c2cc3nc(cc4[nH]c(cc5nc(cc1[nH]2)C(C)=C5CC)c(C)c4C(=O)OC)C(CCC)C3C. The van der Waals surface area contributed by atoms with E-state index in [0.717, 1.165) is 86.4 Å². The zero-order valence-electron chi connectivity index (χ0n) is 24.1. The first-order valence-electron chi connectivity index (χ1n) is 13.9. The highest BCUT2D eigenvalue weighted by atomic mass is 16.5. The third-order valence-corrected chi connectivity index (χ3v) is 8.47. The van der Waals surface area contributed by atoms with E-state index in [4.69, 9.17) is 14.7 Å². The maximum Gasteiger partial charge on any atom is 0.340 e. The fraction of sp³-hybridized carbons (Fsp3) is 0.364. The summed E-state index contributed by atoms with van der Waals surface area (Å²) in [5.41, 5.74) is 13.4. The summed E-state index contributed by atoms with van der Waals surface area (Å²) >= 11 is 0. The number of nitrogens with zero attached hydrogens (tertiary/aromatic N) is 2. The molecule has 0 spiro atoms. The van der Waals surface area contributed by atoms with E-state index in [0.29, 0.717) is 5.56 Å². The highest BCUT2D eigenvalue weighted by Crippen LogP contribution is 2.40. The number of aryl methyl sites for hydroxylation is 2. The van der Waals surface area contributed by atoms with Crippen LogP contribution in [0.4, 0.5) is 0 Å². The number of allylic oxidation sites excluding steroid dienone is 2. The zero-order valence-corrected chi connectivity index (χ0v) is 24.1. The summed E-state index contributed by atoms with van der Waals surface area (Å²) in [6, 6.07) is 8.40. The second-order valence-corrected chi connectivity index (χ2v) is 10.7. The summed E-state index contributed by atoms with van der Waals surface area (Å²) in [4.78, 5) is 30.3. The number of carbonyl (C=O) groups excluding carboxylic acids is 1. The van der Waals surface area contributed by atoms with Crippen LogP contribution in [0.1, 0.15) is 109 Å². The van der Waals surface area contributed by atoms with Crippen molar-refractivity contribution >= 4 is 45.3 Å². The van der Waals surface area contributed by atoms with Crippen molar-refractivity contribution in [1.29, 1.82) is 0 Å². The highest BCUT2D eigenvalue weighted by Gasteiger charge is 2.29. The first-order chi connectivity index (χ1) is 18.7. The van der Waals surface area contributed by atoms with Crippen LogP contribution in [0.25, 0.3) is 39.3 Å². The van der Waals surface area contributed by atoms with E-state index in [-0.39, 0.29) is 17.8 Å². The van der Waals surface area contributed by atoms with Crippen molar-refractivity contribution < 1.29 is 9.53 Å². The molecular formula is C33H38N4O2. The lowest BCUT2D eigenvalue weighted by molar-refractivity contribution is 0.0602. The lowest BCUT2D eigenvalue weighted by atomic mass is 9.87. The Hall–Kier alpha value is -3.93. The molecule has 0 saturated heterocycles. The van der Waals surface area contributed by atoms with Crippen LogP contribution < -0.4 is 0 Å². The Labute approximate surface area is 230 Å². The van der Waals surface area contributed by atoms with E-state index in [1.807, 2.05) is 19.1 Å². The molecular weight excluding hydrogens is 484 g/mol. The summed E-state index contributed by atoms with van der Waals surface area (Å²) in [6.07, 6.45) is 4.83. The molecule has 0 radical (unpaired) electrons. The number of hydrogen-bond donors (Lipinski definition) is 2. The summed E-state index contributed by atoms with van der Waals surface area (Å²) < 4.78 is 5.21. The number of hydrogen-bond acceptors (Lipinski definition) is 4. The van der Waals surface area contributed by atoms with Gasteiger partial charge in [0.25, 0.3) is 0 Å². The summed E-state index contributed by atoms with van der Waals surface area (Å²) in [6.45, 7) is 16.9. The topological polar surface area (TPSA) is 83.7 Å². The molecule has 2 atom stereocenters. The highest BCUT2D eigenvalue weighted by molar-refractivity contribution is 6.02. The number of aromatic amines is 2. The van der Waals surface area contributed by atoms with Gasteiger partial charge in [-0.15, -0.1) is 0 Å². The Morgan fingerprint density at radius 3 is 2.28 bits per heavy atom. The first-order valence-corrected chi connectivity index (χ1v) is 13.9. The average molecular weight is 523 g/mol. The molecule has 6 nitrogen and oxygen atoms in total. The minimum absolute atomic E-state index is 0.242. The number of rotatable bonds is 5. The van der Waals surface area contributed by atoms with Gasteiger partial charge in [-0.2, -0.15) is 0 Å². The third-order valence-electron chi connectivity index (χ3n) is 8.47. The van der Waals surface area contributed by atoms with Crippen LogP contribution in [0.3, 0.4) is 0 Å². The van der Waals surface area contributed by atoms with E-state index in [1.165, 1.54) is 12.7 Å². The Balaban J connectivity index is 1.98. The van der Waals surface area contributed by atoms with Crippen molar-refractivity contribution in [2.75, 3.05) is 7.11 Å². The Morgan fingerprint density at radius 2 is 1.62 bits per heavy atom. The van der Waals surface area contributed by atoms with E-state index in [2.05, 4.69) is 69.4 Å². The quantitative estimate of drug-likeness (QED) is 0.330. The van der Waals surface area contributed by atoms with Gasteiger partial charge >= 0.3 is 5.97 Å². The van der Waals surface area contributed by atoms with Crippen LogP contribution in [-0.4, -0.2) is 33.0 Å². The van der Waals surface area contributed by atoms with Crippen LogP contribution in [0, 0.1) is 13.8 Å². The van der Waals surface area contributed by atoms with Crippen molar-refractivity contribution in [2.24, 2.45) is 0 Å². The standard InChI is InChI=1S/C33H38N4O2/c1-9-12-23-19(6)25-13-24-17(4)21(10-2)28(34-24)14-26-18(5)22(11-3)29(35-26)15-27-20(7)32(33(38)39-8)31(37-27)16-30(23)36-25/h10,13-16,19,23,34,37H,2,9,11-12H2,1,3-8H3.